The number of nitrogens with one attached hydrogen (secondary N) is 1. The molecule has 0 amide bonds. The van der Waals surface area contributed by atoms with Gasteiger partial charge < -0.3 is 10.1 Å². The average Bonchev–Trinajstić information content (AvgIpc) is 2.78. The van der Waals surface area contributed by atoms with E-state index in [9.17, 15) is 13.2 Å². The quantitative estimate of drug-likeness (QED) is 0.939. The number of nitrogens with zero attached hydrogens (tertiary/aromatic N) is 2. The Bertz CT molecular complexity index is 556. The van der Waals surface area contributed by atoms with Gasteiger partial charge in [0.2, 0.25) is 0 Å². The molecule has 0 spiro atoms. The Morgan fingerprint density at radius 1 is 1.37 bits per heavy atom. The predicted octanol–water partition coefficient (Wildman–Crippen LogP) is 3.07. The first-order valence-corrected chi connectivity index (χ1v) is 6.08. The van der Waals surface area contributed by atoms with Crippen LogP contribution in [0.1, 0.15) is 11.4 Å². The van der Waals surface area contributed by atoms with E-state index in [1.54, 1.807) is 25.2 Å². The molecular weight excluding hydrogens is 279 g/mol. The van der Waals surface area contributed by atoms with E-state index < -0.39 is 12.0 Å². The van der Waals surface area contributed by atoms with E-state index in [1.807, 2.05) is 6.07 Å². The number of benzene rings is 1. The lowest BCUT2D eigenvalue weighted by Gasteiger charge is -2.04. The first kappa shape index (κ1) is 13.8. The van der Waals surface area contributed by atoms with Crippen LogP contribution in [0.2, 0.25) is 0 Å². The van der Waals surface area contributed by atoms with Crippen LogP contribution in [0.25, 0.3) is 0 Å². The molecule has 0 fully saturated rings. The lowest BCUT2D eigenvalue weighted by molar-refractivity contribution is -0.144. The summed E-state index contributed by atoms with van der Waals surface area (Å²) in [5, 5.41) is 2.84. The normalized spacial score (nSPS) is 11.6. The van der Waals surface area contributed by atoms with Gasteiger partial charge in [-0.15, -0.1) is 0 Å². The number of halogens is 3. The van der Waals surface area contributed by atoms with Gasteiger partial charge in [0.25, 0.3) is 11.0 Å². The van der Waals surface area contributed by atoms with E-state index in [0.717, 1.165) is 5.56 Å². The number of alkyl halides is 3. The maximum absolute atomic E-state index is 12.3. The molecule has 0 aliphatic carbocycles. The van der Waals surface area contributed by atoms with Crippen LogP contribution in [0.4, 0.5) is 13.2 Å². The van der Waals surface area contributed by atoms with Crippen molar-refractivity contribution in [1.82, 2.24) is 14.7 Å². The molecule has 1 aromatic heterocycles. The molecule has 2 aromatic rings. The summed E-state index contributed by atoms with van der Waals surface area (Å²) < 4.78 is 45.4. The third-order valence-corrected chi connectivity index (χ3v) is 2.74. The van der Waals surface area contributed by atoms with Crippen molar-refractivity contribution in [2.75, 3.05) is 7.05 Å². The summed E-state index contributed by atoms with van der Waals surface area (Å²) in [4.78, 5) is 3.30. The van der Waals surface area contributed by atoms with Crippen LogP contribution in [0, 0.1) is 0 Å². The van der Waals surface area contributed by atoms with E-state index in [0.29, 0.717) is 23.8 Å². The predicted molar refractivity (Wildman–Crippen MR) is 64.2 cm³/mol. The first-order chi connectivity index (χ1) is 8.99. The van der Waals surface area contributed by atoms with Crippen molar-refractivity contribution in [1.29, 1.82) is 0 Å². The van der Waals surface area contributed by atoms with Crippen molar-refractivity contribution < 1.29 is 17.9 Å². The van der Waals surface area contributed by atoms with Gasteiger partial charge in [-0.25, -0.2) is 0 Å². The third kappa shape index (κ3) is 3.65. The molecule has 0 atom stereocenters. The Hall–Kier alpha value is -1.67. The van der Waals surface area contributed by atoms with Crippen LogP contribution in [-0.2, 0) is 12.7 Å². The van der Waals surface area contributed by atoms with Crippen LogP contribution in [-0.4, -0.2) is 16.4 Å². The van der Waals surface area contributed by atoms with Crippen molar-refractivity contribution in [3.63, 3.8) is 0 Å². The summed E-state index contributed by atoms with van der Waals surface area (Å²) in [6.07, 6.45) is -4.55. The van der Waals surface area contributed by atoms with Crippen molar-refractivity contribution >= 4 is 11.5 Å². The van der Waals surface area contributed by atoms with E-state index in [2.05, 4.69) is 14.7 Å². The number of ether oxygens (including phenoxy) is 1. The van der Waals surface area contributed by atoms with Gasteiger partial charge in [-0.1, -0.05) is 12.1 Å². The first-order valence-electron chi connectivity index (χ1n) is 5.31. The highest BCUT2D eigenvalue weighted by molar-refractivity contribution is 7.07. The summed E-state index contributed by atoms with van der Waals surface area (Å²) in [5.41, 5.74) is 0.959. The zero-order valence-electron chi connectivity index (χ0n) is 9.86. The fraction of sp³-hybridized carbons (Fsp3) is 0.273. The molecule has 0 bridgehead atoms. The molecule has 2 rings (SSSR count). The minimum absolute atomic E-state index is 0.131. The molecule has 0 radical (unpaired) electrons. The molecule has 0 unspecified atom stereocenters. The second-order valence-electron chi connectivity index (χ2n) is 3.66. The summed E-state index contributed by atoms with van der Waals surface area (Å²) in [6, 6.07) is 7.01. The summed E-state index contributed by atoms with van der Waals surface area (Å²) in [7, 11) is 1.80. The van der Waals surface area contributed by atoms with E-state index in [-0.39, 0.29) is 5.19 Å². The van der Waals surface area contributed by atoms with Crippen LogP contribution in [0.15, 0.2) is 24.3 Å². The molecule has 4 nitrogen and oxygen atoms in total. The average molecular weight is 289 g/mol. The van der Waals surface area contributed by atoms with Gasteiger partial charge in [-0.2, -0.15) is 22.5 Å². The summed E-state index contributed by atoms with van der Waals surface area (Å²) in [5.74, 6) is -0.753. The van der Waals surface area contributed by atoms with Crippen LogP contribution in [0.5, 0.6) is 10.9 Å². The maximum Gasteiger partial charge on any atom is 0.452 e. The van der Waals surface area contributed by atoms with E-state index >= 15 is 0 Å². The third-order valence-electron chi connectivity index (χ3n) is 2.15. The van der Waals surface area contributed by atoms with Gasteiger partial charge >= 0.3 is 6.18 Å². The van der Waals surface area contributed by atoms with Crippen molar-refractivity contribution in [3.8, 4) is 10.9 Å². The molecule has 0 aliphatic heterocycles. The highest BCUT2D eigenvalue weighted by Gasteiger charge is 2.36. The summed E-state index contributed by atoms with van der Waals surface area (Å²) in [6.45, 7) is 0.640. The number of hydrogen-bond acceptors (Lipinski definition) is 5. The second kappa shape index (κ2) is 5.54. The van der Waals surface area contributed by atoms with Crippen LogP contribution >= 0.6 is 11.5 Å². The van der Waals surface area contributed by atoms with E-state index in [4.69, 9.17) is 4.74 Å². The second-order valence-corrected chi connectivity index (χ2v) is 4.38. The lowest BCUT2D eigenvalue weighted by Crippen LogP contribution is -2.07. The van der Waals surface area contributed by atoms with Crippen molar-refractivity contribution in [2.24, 2.45) is 0 Å². The Balaban J connectivity index is 2.12. The minimum atomic E-state index is -4.55. The molecule has 0 saturated carbocycles. The molecule has 0 saturated heterocycles. The Labute approximate surface area is 111 Å². The maximum atomic E-state index is 12.3. The van der Waals surface area contributed by atoms with Gasteiger partial charge in [0.15, 0.2) is 0 Å². The molecule has 1 N–H and O–H groups in total. The highest BCUT2D eigenvalue weighted by atomic mass is 32.1. The van der Waals surface area contributed by atoms with Gasteiger partial charge in [-0.05, 0) is 24.7 Å². The molecule has 1 aromatic carbocycles. The highest BCUT2D eigenvalue weighted by Crippen LogP contribution is 2.31. The largest absolute Gasteiger partial charge is 0.452 e. The molecular formula is C11H10F3N3OS. The Kier molecular flexibility index (Phi) is 4.01. The van der Waals surface area contributed by atoms with Gasteiger partial charge in [0.1, 0.15) is 5.75 Å². The zero-order valence-corrected chi connectivity index (χ0v) is 10.7. The Morgan fingerprint density at radius 2 is 2.16 bits per heavy atom. The minimum Gasteiger partial charge on any atom is -0.430 e. The van der Waals surface area contributed by atoms with Gasteiger partial charge in [0, 0.05) is 18.1 Å². The fourth-order valence-electron chi connectivity index (χ4n) is 1.39. The topological polar surface area (TPSA) is 47.0 Å². The molecule has 1 heterocycles. The van der Waals surface area contributed by atoms with Crippen molar-refractivity contribution in [3.05, 3.63) is 35.7 Å². The van der Waals surface area contributed by atoms with Gasteiger partial charge in [-0.3, -0.25) is 0 Å². The standard InChI is InChI=1S/C11H10F3N3OS/c1-15-6-7-3-2-4-8(5-7)18-10-16-9(17-19-10)11(12,13)14/h2-5,15H,6H2,1H3. The fourth-order valence-corrected chi connectivity index (χ4v) is 1.96. The van der Waals surface area contributed by atoms with Gasteiger partial charge in [0.05, 0.1) is 0 Å². The van der Waals surface area contributed by atoms with Crippen molar-refractivity contribution in [2.45, 2.75) is 12.7 Å². The summed E-state index contributed by atoms with van der Waals surface area (Å²) >= 11 is 0.572. The van der Waals surface area contributed by atoms with Crippen LogP contribution < -0.4 is 10.1 Å². The number of rotatable bonds is 4. The number of hydrogen-bond donors (Lipinski definition) is 1. The number of aromatic nitrogens is 2. The lowest BCUT2D eigenvalue weighted by atomic mass is 10.2. The Morgan fingerprint density at radius 3 is 2.79 bits per heavy atom. The zero-order chi connectivity index (χ0) is 13.9. The van der Waals surface area contributed by atoms with Crippen LogP contribution in [0.3, 0.4) is 0 Å². The monoisotopic (exact) mass is 289 g/mol. The molecule has 19 heavy (non-hydrogen) atoms. The smallest absolute Gasteiger partial charge is 0.430 e. The molecule has 102 valence electrons. The van der Waals surface area contributed by atoms with E-state index in [1.165, 1.54) is 0 Å². The molecule has 0 aliphatic rings. The SMILES string of the molecule is CNCc1cccc(Oc2nc(C(F)(F)F)ns2)c1. The molecule has 8 heteroatoms.